The summed E-state index contributed by atoms with van der Waals surface area (Å²) in [4.78, 5) is 11.9. The number of ether oxygens (including phenoxy) is 1. The van der Waals surface area contributed by atoms with Gasteiger partial charge in [-0.15, -0.1) is 0 Å². The second-order valence-electron chi connectivity index (χ2n) is 9.81. The summed E-state index contributed by atoms with van der Waals surface area (Å²) in [6.07, 6.45) is 14.9. The van der Waals surface area contributed by atoms with Crippen molar-refractivity contribution < 1.29 is 14.7 Å². The van der Waals surface area contributed by atoms with Crippen molar-refractivity contribution in [3.05, 3.63) is 23.8 Å². The van der Waals surface area contributed by atoms with Crippen LogP contribution in [0.3, 0.4) is 0 Å². The summed E-state index contributed by atoms with van der Waals surface area (Å²) < 4.78 is 5.96. The molecule has 1 N–H and O–H groups in total. The number of fused-ring (bicyclic) bond motifs is 6. The third kappa shape index (κ3) is 2.28. The van der Waals surface area contributed by atoms with Crippen LogP contribution in [0.15, 0.2) is 29.0 Å². The maximum atomic E-state index is 11.9. The summed E-state index contributed by atoms with van der Waals surface area (Å²) in [5, 5.41) is 12.7. The highest BCUT2D eigenvalue weighted by atomic mass is 16.6. The number of oxime groups is 1. The van der Waals surface area contributed by atoms with Gasteiger partial charge in [-0.1, -0.05) is 31.0 Å². The number of esters is 1. The van der Waals surface area contributed by atoms with Gasteiger partial charge in [-0.05, 0) is 86.7 Å². The number of hydrogen-bond donors (Lipinski definition) is 1. The van der Waals surface area contributed by atoms with Gasteiger partial charge in [0, 0.05) is 11.5 Å². The molecule has 146 valence electrons. The minimum atomic E-state index is -0.350. The summed E-state index contributed by atoms with van der Waals surface area (Å²) >= 11 is 0. The molecule has 3 fully saturated rings. The Balaban J connectivity index is 1.51. The van der Waals surface area contributed by atoms with Crippen molar-refractivity contribution in [3.63, 3.8) is 0 Å². The number of allylic oxidation sites excluding steroid dienone is 2. The topological polar surface area (TPSA) is 58.9 Å². The monoisotopic (exact) mass is 369 g/mol. The molecule has 27 heavy (non-hydrogen) atoms. The summed E-state index contributed by atoms with van der Waals surface area (Å²) in [6.45, 7) is 4.73. The van der Waals surface area contributed by atoms with E-state index in [9.17, 15) is 10.0 Å². The Morgan fingerprint density at radius 1 is 1.30 bits per heavy atom. The average molecular weight is 370 g/mol. The highest BCUT2D eigenvalue weighted by molar-refractivity contribution is 5.96. The molecule has 1 aliphatic heterocycles. The third-order valence-electron chi connectivity index (χ3n) is 9.09. The SMILES string of the molecule is CCC1CC2=CC(=NO)CC[C@@H]2C2CC[C@@]3(C)C(CC[C@@]34C=CC(=O)O4)C12. The summed E-state index contributed by atoms with van der Waals surface area (Å²) in [6, 6.07) is 0. The number of hydrogen-bond acceptors (Lipinski definition) is 4. The van der Waals surface area contributed by atoms with E-state index in [0.717, 1.165) is 49.7 Å². The highest BCUT2D eigenvalue weighted by Gasteiger charge is 2.65. The van der Waals surface area contributed by atoms with E-state index in [-0.39, 0.29) is 17.0 Å². The minimum absolute atomic E-state index is 0.0812. The average Bonchev–Trinajstić information content (AvgIpc) is 3.21. The van der Waals surface area contributed by atoms with Crippen LogP contribution in [-0.2, 0) is 9.53 Å². The number of nitrogens with zero attached hydrogens (tertiary/aromatic N) is 1. The van der Waals surface area contributed by atoms with E-state index in [1.165, 1.54) is 24.8 Å². The predicted octanol–water partition coefficient (Wildman–Crippen LogP) is 4.88. The Morgan fingerprint density at radius 3 is 2.85 bits per heavy atom. The maximum Gasteiger partial charge on any atom is 0.331 e. The molecule has 4 aliphatic carbocycles. The van der Waals surface area contributed by atoms with Crippen LogP contribution in [0.1, 0.15) is 65.2 Å². The first kappa shape index (κ1) is 17.5. The molecule has 3 saturated carbocycles. The number of rotatable bonds is 1. The van der Waals surface area contributed by atoms with Gasteiger partial charge in [0.15, 0.2) is 0 Å². The Hall–Kier alpha value is -1.58. The van der Waals surface area contributed by atoms with Gasteiger partial charge in [0.05, 0.1) is 5.71 Å². The lowest BCUT2D eigenvalue weighted by atomic mass is 9.48. The van der Waals surface area contributed by atoms with E-state index in [2.05, 4.69) is 31.2 Å². The largest absolute Gasteiger partial charge is 0.451 e. The molecule has 1 spiro atoms. The van der Waals surface area contributed by atoms with E-state index < -0.39 is 0 Å². The van der Waals surface area contributed by atoms with E-state index in [4.69, 9.17) is 4.74 Å². The van der Waals surface area contributed by atoms with Crippen molar-refractivity contribution >= 4 is 11.7 Å². The summed E-state index contributed by atoms with van der Waals surface area (Å²) in [5.74, 6) is 3.32. The lowest BCUT2D eigenvalue weighted by molar-refractivity contribution is -0.163. The molecular weight excluding hydrogens is 338 g/mol. The zero-order chi connectivity index (χ0) is 18.8. The Kier molecular flexibility index (Phi) is 3.86. The molecule has 4 heteroatoms. The van der Waals surface area contributed by atoms with Gasteiger partial charge in [-0.2, -0.15) is 0 Å². The van der Waals surface area contributed by atoms with Gasteiger partial charge >= 0.3 is 5.97 Å². The van der Waals surface area contributed by atoms with Gasteiger partial charge < -0.3 is 9.94 Å². The molecule has 0 amide bonds. The van der Waals surface area contributed by atoms with Crippen molar-refractivity contribution in [1.29, 1.82) is 0 Å². The third-order valence-corrected chi connectivity index (χ3v) is 9.09. The number of carbonyl (C=O) groups is 1. The zero-order valence-electron chi connectivity index (χ0n) is 16.5. The van der Waals surface area contributed by atoms with Gasteiger partial charge in [0.25, 0.3) is 0 Å². The standard InChI is InChI=1S/C23H31NO3/c1-3-14-12-15-13-16(24-26)4-5-17(15)18-6-9-22(2)19(21(14)18)7-10-23(22)11-8-20(25)27-23/h8,11,13-14,17-19,21,26H,3-7,9-10,12H2,1-2H3/t14?,17-,18?,19?,21?,22-,23+/m0/s1. The van der Waals surface area contributed by atoms with E-state index in [1.807, 2.05) is 0 Å². The van der Waals surface area contributed by atoms with Crippen molar-refractivity contribution in [2.75, 3.05) is 0 Å². The van der Waals surface area contributed by atoms with Crippen molar-refractivity contribution in [2.24, 2.45) is 40.2 Å². The summed E-state index contributed by atoms with van der Waals surface area (Å²) in [5.41, 5.74) is 2.12. The van der Waals surface area contributed by atoms with Crippen LogP contribution in [0.25, 0.3) is 0 Å². The van der Waals surface area contributed by atoms with E-state index in [0.29, 0.717) is 17.8 Å². The van der Waals surface area contributed by atoms with Crippen LogP contribution >= 0.6 is 0 Å². The van der Waals surface area contributed by atoms with Gasteiger partial charge in [-0.3, -0.25) is 0 Å². The van der Waals surface area contributed by atoms with Crippen LogP contribution in [0.2, 0.25) is 0 Å². The van der Waals surface area contributed by atoms with Crippen LogP contribution < -0.4 is 0 Å². The highest BCUT2D eigenvalue weighted by Crippen LogP contribution is 2.68. The maximum absolute atomic E-state index is 11.9. The molecule has 4 nitrogen and oxygen atoms in total. The fourth-order valence-electron chi connectivity index (χ4n) is 7.81. The lowest BCUT2D eigenvalue weighted by Crippen LogP contribution is -2.54. The molecule has 0 aromatic heterocycles. The van der Waals surface area contributed by atoms with Gasteiger partial charge in [-0.25, -0.2) is 4.79 Å². The molecule has 5 aliphatic rings. The van der Waals surface area contributed by atoms with Crippen LogP contribution in [0.5, 0.6) is 0 Å². The van der Waals surface area contributed by atoms with Crippen LogP contribution in [-0.4, -0.2) is 22.5 Å². The first-order valence-electron chi connectivity index (χ1n) is 10.8. The Morgan fingerprint density at radius 2 is 2.15 bits per heavy atom. The Bertz CT molecular complexity index is 753. The molecule has 0 bridgehead atoms. The van der Waals surface area contributed by atoms with Crippen molar-refractivity contribution in [3.8, 4) is 0 Å². The molecule has 1 heterocycles. The van der Waals surface area contributed by atoms with Gasteiger partial charge in [0.1, 0.15) is 5.60 Å². The first-order valence-corrected chi connectivity index (χ1v) is 10.8. The molecule has 0 saturated heterocycles. The fourth-order valence-corrected chi connectivity index (χ4v) is 7.81. The predicted molar refractivity (Wildman–Crippen MR) is 103 cm³/mol. The first-order chi connectivity index (χ1) is 13.0. The molecule has 5 rings (SSSR count). The van der Waals surface area contributed by atoms with E-state index >= 15 is 0 Å². The second-order valence-corrected chi connectivity index (χ2v) is 9.81. The quantitative estimate of drug-likeness (QED) is 0.407. The molecule has 7 atom stereocenters. The lowest BCUT2D eigenvalue weighted by Gasteiger charge is -2.57. The van der Waals surface area contributed by atoms with Gasteiger partial charge in [0.2, 0.25) is 0 Å². The van der Waals surface area contributed by atoms with Crippen LogP contribution in [0.4, 0.5) is 0 Å². The fraction of sp³-hybridized carbons (Fsp3) is 0.739. The van der Waals surface area contributed by atoms with Crippen LogP contribution in [0, 0.1) is 35.0 Å². The molecule has 4 unspecified atom stereocenters. The Labute approximate surface area is 161 Å². The van der Waals surface area contributed by atoms with Crippen molar-refractivity contribution in [2.45, 2.75) is 70.8 Å². The molecular formula is C23H31NO3. The molecule has 0 aromatic rings. The molecule has 0 aromatic carbocycles. The summed E-state index contributed by atoms with van der Waals surface area (Å²) in [7, 11) is 0. The molecule has 0 radical (unpaired) electrons. The van der Waals surface area contributed by atoms with Crippen molar-refractivity contribution in [1.82, 2.24) is 0 Å². The van der Waals surface area contributed by atoms with E-state index in [1.54, 1.807) is 6.08 Å². The smallest absolute Gasteiger partial charge is 0.331 e. The zero-order valence-corrected chi connectivity index (χ0v) is 16.5. The normalized spacial score (nSPS) is 49.6. The minimum Gasteiger partial charge on any atom is -0.451 e. The second kappa shape index (κ2) is 5.96. The number of carbonyl (C=O) groups excluding carboxylic acids is 1.